The average molecular weight is 272 g/mol. The number of halogens is 2. The molecule has 6 heteroatoms. The molecular formula is C13H18F2N2O2. The van der Waals surface area contributed by atoms with Crippen molar-refractivity contribution < 1.29 is 18.3 Å². The molecule has 0 saturated heterocycles. The largest absolute Gasteiger partial charge is 0.444 e. The molecule has 106 valence electrons. The smallest absolute Gasteiger partial charge is 0.412 e. The van der Waals surface area contributed by atoms with Gasteiger partial charge in [0.15, 0.2) is 11.6 Å². The van der Waals surface area contributed by atoms with Crippen LogP contribution < -0.4 is 11.1 Å². The van der Waals surface area contributed by atoms with Crippen molar-refractivity contribution in [2.24, 2.45) is 5.73 Å². The predicted molar refractivity (Wildman–Crippen MR) is 68.8 cm³/mol. The van der Waals surface area contributed by atoms with Crippen LogP contribution in [0.25, 0.3) is 0 Å². The number of benzene rings is 1. The van der Waals surface area contributed by atoms with Crippen LogP contribution in [0.1, 0.15) is 39.3 Å². The van der Waals surface area contributed by atoms with Crippen LogP contribution in [0, 0.1) is 11.6 Å². The fourth-order valence-electron chi connectivity index (χ4n) is 1.38. The molecule has 1 unspecified atom stereocenters. The van der Waals surface area contributed by atoms with Crippen molar-refractivity contribution in [3.63, 3.8) is 0 Å². The fourth-order valence-corrected chi connectivity index (χ4v) is 1.38. The number of anilines is 1. The molecule has 0 bridgehead atoms. The molecule has 1 aromatic carbocycles. The molecule has 1 rings (SSSR count). The first-order valence-electron chi connectivity index (χ1n) is 5.84. The van der Waals surface area contributed by atoms with Gasteiger partial charge in [-0.2, -0.15) is 0 Å². The highest BCUT2D eigenvalue weighted by Crippen LogP contribution is 2.23. The van der Waals surface area contributed by atoms with Gasteiger partial charge in [-0.3, -0.25) is 5.32 Å². The van der Waals surface area contributed by atoms with Crippen molar-refractivity contribution in [1.82, 2.24) is 0 Å². The van der Waals surface area contributed by atoms with Crippen LogP contribution in [0.2, 0.25) is 0 Å². The van der Waals surface area contributed by atoms with E-state index in [4.69, 9.17) is 10.5 Å². The van der Waals surface area contributed by atoms with Crippen LogP contribution in [-0.4, -0.2) is 11.7 Å². The number of amides is 1. The quantitative estimate of drug-likeness (QED) is 0.868. The maximum absolute atomic E-state index is 13.6. The second-order valence-electron chi connectivity index (χ2n) is 5.28. The molecule has 1 atom stereocenters. The lowest BCUT2D eigenvalue weighted by atomic mass is 10.1. The lowest BCUT2D eigenvalue weighted by molar-refractivity contribution is 0.0635. The van der Waals surface area contributed by atoms with E-state index in [1.807, 2.05) is 0 Å². The SMILES string of the molecule is CC(N)c1cc(F)c(F)c(NC(=O)OC(C)(C)C)c1. The van der Waals surface area contributed by atoms with Crippen molar-refractivity contribution in [2.45, 2.75) is 39.3 Å². The highest BCUT2D eigenvalue weighted by atomic mass is 19.2. The Kier molecular flexibility index (Phi) is 4.47. The summed E-state index contributed by atoms with van der Waals surface area (Å²) in [5.41, 5.74) is 4.97. The number of ether oxygens (including phenoxy) is 1. The number of carbonyl (C=O) groups excluding carboxylic acids is 1. The molecule has 3 N–H and O–H groups in total. The second-order valence-corrected chi connectivity index (χ2v) is 5.28. The summed E-state index contributed by atoms with van der Waals surface area (Å²) >= 11 is 0. The second kappa shape index (κ2) is 5.52. The zero-order valence-electron chi connectivity index (χ0n) is 11.4. The van der Waals surface area contributed by atoms with Gasteiger partial charge in [-0.1, -0.05) is 0 Å². The van der Waals surface area contributed by atoms with Crippen LogP contribution >= 0.6 is 0 Å². The summed E-state index contributed by atoms with van der Waals surface area (Å²) < 4.78 is 31.9. The molecule has 0 spiro atoms. The average Bonchev–Trinajstić information content (AvgIpc) is 2.21. The summed E-state index contributed by atoms with van der Waals surface area (Å²) in [4.78, 5) is 11.5. The Bertz CT molecular complexity index is 482. The molecule has 0 aliphatic heterocycles. The first-order valence-corrected chi connectivity index (χ1v) is 5.84. The lowest BCUT2D eigenvalue weighted by Gasteiger charge is -2.20. The van der Waals surface area contributed by atoms with Gasteiger partial charge < -0.3 is 10.5 Å². The van der Waals surface area contributed by atoms with E-state index in [0.717, 1.165) is 6.07 Å². The third kappa shape index (κ3) is 4.48. The summed E-state index contributed by atoms with van der Waals surface area (Å²) in [5, 5.41) is 2.17. The van der Waals surface area contributed by atoms with E-state index in [9.17, 15) is 13.6 Å². The summed E-state index contributed by atoms with van der Waals surface area (Å²) in [6, 6.07) is 1.81. The maximum Gasteiger partial charge on any atom is 0.412 e. The minimum Gasteiger partial charge on any atom is -0.444 e. The molecule has 4 nitrogen and oxygen atoms in total. The molecule has 0 radical (unpaired) electrons. The standard InChI is InChI=1S/C13H18F2N2O2/c1-7(16)8-5-9(14)11(15)10(6-8)17-12(18)19-13(2,3)4/h5-7H,16H2,1-4H3,(H,17,18). The van der Waals surface area contributed by atoms with Crippen LogP contribution in [0.15, 0.2) is 12.1 Å². The minimum absolute atomic E-state index is 0.290. The van der Waals surface area contributed by atoms with Gasteiger partial charge in [0.05, 0.1) is 5.69 Å². The van der Waals surface area contributed by atoms with Gasteiger partial charge in [0.2, 0.25) is 0 Å². The Hall–Kier alpha value is -1.69. The summed E-state index contributed by atoms with van der Waals surface area (Å²) in [6.45, 7) is 6.63. The number of carbonyl (C=O) groups is 1. The lowest BCUT2D eigenvalue weighted by Crippen LogP contribution is -2.27. The Morgan fingerprint density at radius 2 is 1.95 bits per heavy atom. The van der Waals surface area contributed by atoms with Gasteiger partial charge in [0.1, 0.15) is 5.60 Å². The molecule has 0 heterocycles. The zero-order chi connectivity index (χ0) is 14.8. The third-order valence-electron chi connectivity index (χ3n) is 2.21. The van der Waals surface area contributed by atoms with Crippen molar-refractivity contribution >= 4 is 11.8 Å². The summed E-state index contributed by atoms with van der Waals surface area (Å²) in [6.07, 6.45) is -0.854. The molecule has 0 fully saturated rings. The number of nitrogens with one attached hydrogen (secondary N) is 1. The number of nitrogens with two attached hydrogens (primary N) is 1. The van der Waals surface area contributed by atoms with Gasteiger partial charge >= 0.3 is 6.09 Å². The van der Waals surface area contributed by atoms with Crippen molar-refractivity contribution in [2.75, 3.05) is 5.32 Å². The fraction of sp³-hybridized carbons (Fsp3) is 0.462. The van der Waals surface area contributed by atoms with Gasteiger partial charge in [0, 0.05) is 6.04 Å². The Labute approximate surface area is 110 Å². The van der Waals surface area contributed by atoms with E-state index in [1.54, 1.807) is 27.7 Å². The molecule has 0 aromatic heterocycles. The normalized spacial score (nSPS) is 13.0. The van der Waals surface area contributed by atoms with Gasteiger partial charge in [-0.15, -0.1) is 0 Å². The van der Waals surface area contributed by atoms with Crippen molar-refractivity contribution in [3.8, 4) is 0 Å². The van der Waals surface area contributed by atoms with Crippen LogP contribution in [0.3, 0.4) is 0 Å². The van der Waals surface area contributed by atoms with Crippen molar-refractivity contribution in [1.29, 1.82) is 0 Å². The van der Waals surface area contributed by atoms with E-state index >= 15 is 0 Å². The number of hydrogen-bond donors (Lipinski definition) is 2. The van der Waals surface area contributed by atoms with Crippen molar-refractivity contribution in [3.05, 3.63) is 29.3 Å². The molecular weight excluding hydrogens is 254 g/mol. The topological polar surface area (TPSA) is 64.3 Å². The number of rotatable bonds is 2. The van der Waals surface area contributed by atoms with E-state index in [0.29, 0.717) is 5.56 Å². The Balaban J connectivity index is 2.97. The highest BCUT2D eigenvalue weighted by molar-refractivity contribution is 5.85. The number of hydrogen-bond acceptors (Lipinski definition) is 3. The first kappa shape index (κ1) is 15.4. The van der Waals surface area contributed by atoms with Crippen LogP contribution in [0.4, 0.5) is 19.3 Å². The Morgan fingerprint density at radius 3 is 2.42 bits per heavy atom. The first-order chi connectivity index (χ1) is 8.60. The molecule has 1 aromatic rings. The van der Waals surface area contributed by atoms with Crippen LogP contribution in [0.5, 0.6) is 0 Å². The minimum atomic E-state index is -1.14. The van der Waals surface area contributed by atoms with E-state index < -0.39 is 29.4 Å². The molecule has 0 aliphatic rings. The third-order valence-corrected chi connectivity index (χ3v) is 2.21. The van der Waals surface area contributed by atoms with Gasteiger partial charge in [-0.05, 0) is 45.4 Å². The van der Waals surface area contributed by atoms with Gasteiger partial charge in [-0.25, -0.2) is 13.6 Å². The zero-order valence-corrected chi connectivity index (χ0v) is 11.4. The van der Waals surface area contributed by atoms with Crippen LogP contribution in [-0.2, 0) is 4.74 Å². The van der Waals surface area contributed by atoms with Gasteiger partial charge in [0.25, 0.3) is 0 Å². The predicted octanol–water partition coefficient (Wildman–Crippen LogP) is 3.33. The van der Waals surface area contributed by atoms with E-state index in [1.165, 1.54) is 6.07 Å². The monoisotopic (exact) mass is 272 g/mol. The van der Waals surface area contributed by atoms with E-state index in [-0.39, 0.29) is 5.69 Å². The molecule has 19 heavy (non-hydrogen) atoms. The molecule has 0 aliphatic carbocycles. The van der Waals surface area contributed by atoms with E-state index in [2.05, 4.69) is 5.32 Å². The molecule has 0 saturated carbocycles. The maximum atomic E-state index is 13.6. The summed E-state index contributed by atoms with van der Waals surface area (Å²) in [7, 11) is 0. The Morgan fingerprint density at radius 1 is 1.37 bits per heavy atom. The highest BCUT2D eigenvalue weighted by Gasteiger charge is 2.19. The summed E-state index contributed by atoms with van der Waals surface area (Å²) in [5.74, 6) is -2.21. The molecule has 1 amide bonds.